The minimum absolute atomic E-state index is 0.165. The molecule has 3 aromatic carbocycles. The summed E-state index contributed by atoms with van der Waals surface area (Å²) in [5.41, 5.74) is 1.69. The standard InChI is InChI=1S/C18H12BrFO/c1-11-8-12(10-13(20)9-11)18(21)16-6-7-17(19)15-5-3-2-4-14(15)16/h2-10H,1H3. The molecular weight excluding hydrogens is 331 g/mol. The van der Waals surface area contributed by atoms with Crippen LogP contribution in [-0.2, 0) is 0 Å². The number of carbonyl (C=O) groups excluding carboxylic acids is 1. The van der Waals surface area contributed by atoms with Crippen molar-refractivity contribution in [1.29, 1.82) is 0 Å². The monoisotopic (exact) mass is 342 g/mol. The van der Waals surface area contributed by atoms with Gasteiger partial charge < -0.3 is 0 Å². The Morgan fingerprint density at radius 3 is 2.43 bits per heavy atom. The van der Waals surface area contributed by atoms with E-state index in [0.717, 1.165) is 20.8 Å². The van der Waals surface area contributed by atoms with Crippen LogP contribution < -0.4 is 0 Å². The number of ketones is 1. The molecule has 0 spiro atoms. The third-order valence-electron chi connectivity index (χ3n) is 3.42. The van der Waals surface area contributed by atoms with E-state index >= 15 is 0 Å². The molecule has 0 atom stereocenters. The molecule has 3 rings (SSSR count). The highest BCUT2D eigenvalue weighted by molar-refractivity contribution is 9.10. The summed E-state index contributed by atoms with van der Waals surface area (Å²) >= 11 is 3.49. The largest absolute Gasteiger partial charge is 0.289 e. The lowest BCUT2D eigenvalue weighted by molar-refractivity contribution is 0.103. The van der Waals surface area contributed by atoms with Crippen molar-refractivity contribution < 1.29 is 9.18 Å². The van der Waals surface area contributed by atoms with E-state index in [1.165, 1.54) is 12.1 Å². The Balaban J connectivity index is 2.20. The van der Waals surface area contributed by atoms with Gasteiger partial charge in [0.1, 0.15) is 5.82 Å². The second-order valence-electron chi connectivity index (χ2n) is 4.99. The van der Waals surface area contributed by atoms with E-state index < -0.39 is 0 Å². The molecule has 0 aliphatic heterocycles. The maximum Gasteiger partial charge on any atom is 0.193 e. The van der Waals surface area contributed by atoms with Gasteiger partial charge in [-0.25, -0.2) is 4.39 Å². The minimum Gasteiger partial charge on any atom is -0.289 e. The molecule has 0 fully saturated rings. The van der Waals surface area contributed by atoms with Crippen molar-refractivity contribution >= 4 is 32.5 Å². The Labute approximate surface area is 130 Å². The van der Waals surface area contributed by atoms with Gasteiger partial charge in [0.2, 0.25) is 0 Å². The summed E-state index contributed by atoms with van der Waals surface area (Å²) in [5.74, 6) is -0.555. The summed E-state index contributed by atoms with van der Waals surface area (Å²) in [7, 11) is 0. The third-order valence-corrected chi connectivity index (χ3v) is 4.11. The molecule has 0 aliphatic rings. The first-order valence-electron chi connectivity index (χ1n) is 6.55. The van der Waals surface area contributed by atoms with Crippen LogP contribution in [0.2, 0.25) is 0 Å². The zero-order valence-electron chi connectivity index (χ0n) is 11.4. The Morgan fingerprint density at radius 1 is 1.00 bits per heavy atom. The van der Waals surface area contributed by atoms with Gasteiger partial charge in [-0.2, -0.15) is 0 Å². The van der Waals surface area contributed by atoms with E-state index in [0.29, 0.717) is 11.1 Å². The fraction of sp³-hybridized carbons (Fsp3) is 0.0556. The predicted octanol–water partition coefficient (Wildman–Crippen LogP) is 5.28. The summed E-state index contributed by atoms with van der Waals surface area (Å²) in [4.78, 5) is 12.7. The first kappa shape index (κ1) is 14.0. The van der Waals surface area contributed by atoms with Gasteiger partial charge in [0.05, 0.1) is 0 Å². The van der Waals surface area contributed by atoms with Gasteiger partial charge in [0.25, 0.3) is 0 Å². The van der Waals surface area contributed by atoms with Crippen LogP contribution in [0.4, 0.5) is 4.39 Å². The molecule has 0 heterocycles. The van der Waals surface area contributed by atoms with Crippen LogP contribution in [0.15, 0.2) is 59.1 Å². The average Bonchev–Trinajstić information content (AvgIpc) is 2.46. The fourth-order valence-electron chi connectivity index (χ4n) is 2.48. The van der Waals surface area contributed by atoms with E-state index in [1.807, 2.05) is 30.3 Å². The number of hydrogen-bond acceptors (Lipinski definition) is 1. The van der Waals surface area contributed by atoms with Gasteiger partial charge in [-0.1, -0.05) is 40.2 Å². The van der Waals surface area contributed by atoms with Crippen molar-refractivity contribution in [3.05, 3.63) is 81.6 Å². The smallest absolute Gasteiger partial charge is 0.193 e. The zero-order valence-corrected chi connectivity index (χ0v) is 12.9. The van der Waals surface area contributed by atoms with E-state index in [2.05, 4.69) is 15.9 Å². The third kappa shape index (κ3) is 2.61. The first-order chi connectivity index (χ1) is 10.1. The second kappa shape index (κ2) is 5.41. The Morgan fingerprint density at radius 2 is 1.71 bits per heavy atom. The molecule has 0 N–H and O–H groups in total. The van der Waals surface area contributed by atoms with Gasteiger partial charge in [0.15, 0.2) is 5.78 Å². The topological polar surface area (TPSA) is 17.1 Å². The Bertz CT molecular complexity index is 835. The predicted molar refractivity (Wildman–Crippen MR) is 86.2 cm³/mol. The molecule has 0 unspecified atom stereocenters. The van der Waals surface area contributed by atoms with E-state index in [-0.39, 0.29) is 11.6 Å². The molecule has 0 amide bonds. The number of carbonyl (C=O) groups is 1. The Hall–Kier alpha value is -2.00. The first-order valence-corrected chi connectivity index (χ1v) is 7.35. The fourth-order valence-corrected chi connectivity index (χ4v) is 2.96. The van der Waals surface area contributed by atoms with Crippen molar-refractivity contribution in [2.45, 2.75) is 6.92 Å². The lowest BCUT2D eigenvalue weighted by Crippen LogP contribution is -2.03. The summed E-state index contributed by atoms with van der Waals surface area (Å²) in [5, 5.41) is 1.83. The molecule has 104 valence electrons. The maximum absolute atomic E-state index is 13.5. The number of hydrogen-bond donors (Lipinski definition) is 0. The van der Waals surface area contributed by atoms with Crippen LogP contribution in [0.1, 0.15) is 21.5 Å². The van der Waals surface area contributed by atoms with Crippen molar-refractivity contribution in [2.75, 3.05) is 0 Å². The molecule has 1 nitrogen and oxygen atoms in total. The molecule has 0 aliphatic carbocycles. The molecular formula is C18H12BrFO. The molecule has 3 heteroatoms. The summed E-state index contributed by atoms with van der Waals surface area (Å²) in [6.07, 6.45) is 0. The van der Waals surface area contributed by atoms with Gasteiger partial charge in [-0.3, -0.25) is 4.79 Å². The number of halogens is 2. The van der Waals surface area contributed by atoms with Crippen molar-refractivity contribution in [3.63, 3.8) is 0 Å². The molecule has 0 radical (unpaired) electrons. The highest BCUT2D eigenvalue weighted by atomic mass is 79.9. The number of fused-ring (bicyclic) bond motifs is 1. The summed E-state index contributed by atoms with van der Waals surface area (Å²) in [6.45, 7) is 1.78. The van der Waals surface area contributed by atoms with E-state index in [9.17, 15) is 9.18 Å². The van der Waals surface area contributed by atoms with Crippen molar-refractivity contribution in [2.24, 2.45) is 0 Å². The van der Waals surface area contributed by atoms with Crippen LogP contribution in [0.5, 0.6) is 0 Å². The SMILES string of the molecule is Cc1cc(F)cc(C(=O)c2ccc(Br)c3ccccc23)c1. The van der Waals surface area contributed by atoms with Crippen LogP contribution in [0.3, 0.4) is 0 Å². The highest BCUT2D eigenvalue weighted by Gasteiger charge is 2.14. The quantitative estimate of drug-likeness (QED) is 0.579. The lowest BCUT2D eigenvalue weighted by atomic mass is 9.96. The van der Waals surface area contributed by atoms with Crippen LogP contribution in [0, 0.1) is 12.7 Å². The molecule has 0 bridgehead atoms. The van der Waals surface area contributed by atoms with Gasteiger partial charge >= 0.3 is 0 Å². The van der Waals surface area contributed by atoms with Crippen molar-refractivity contribution in [3.8, 4) is 0 Å². The molecule has 3 aromatic rings. The molecule has 0 saturated heterocycles. The zero-order chi connectivity index (χ0) is 15.0. The van der Waals surface area contributed by atoms with Gasteiger partial charge in [-0.15, -0.1) is 0 Å². The maximum atomic E-state index is 13.5. The normalized spacial score (nSPS) is 10.8. The number of benzene rings is 3. The summed E-state index contributed by atoms with van der Waals surface area (Å²) in [6, 6.07) is 15.7. The molecule has 0 aromatic heterocycles. The Kier molecular flexibility index (Phi) is 3.60. The van der Waals surface area contributed by atoms with Crippen LogP contribution in [0.25, 0.3) is 10.8 Å². The van der Waals surface area contributed by atoms with Gasteiger partial charge in [-0.05, 0) is 53.6 Å². The lowest BCUT2D eigenvalue weighted by Gasteiger charge is -2.08. The summed E-state index contributed by atoms with van der Waals surface area (Å²) < 4.78 is 14.5. The van der Waals surface area contributed by atoms with E-state index in [4.69, 9.17) is 0 Å². The molecule has 21 heavy (non-hydrogen) atoms. The van der Waals surface area contributed by atoms with Gasteiger partial charge in [0, 0.05) is 15.6 Å². The minimum atomic E-state index is -0.389. The average molecular weight is 343 g/mol. The number of rotatable bonds is 2. The van der Waals surface area contributed by atoms with Crippen LogP contribution >= 0.6 is 15.9 Å². The number of aryl methyl sites for hydroxylation is 1. The van der Waals surface area contributed by atoms with Crippen LogP contribution in [-0.4, -0.2) is 5.78 Å². The van der Waals surface area contributed by atoms with E-state index in [1.54, 1.807) is 19.1 Å². The molecule has 0 saturated carbocycles. The highest BCUT2D eigenvalue weighted by Crippen LogP contribution is 2.28. The van der Waals surface area contributed by atoms with Crippen molar-refractivity contribution in [1.82, 2.24) is 0 Å². The second-order valence-corrected chi connectivity index (χ2v) is 5.84.